The second-order valence-corrected chi connectivity index (χ2v) is 10.8. The zero-order valence-electron chi connectivity index (χ0n) is 23.3. The van der Waals surface area contributed by atoms with Crippen LogP contribution in [0.15, 0.2) is 110 Å². The first-order valence-electron chi connectivity index (χ1n) is 13.3. The lowest BCUT2D eigenvalue weighted by Gasteiger charge is -2.25. The van der Waals surface area contributed by atoms with Crippen molar-refractivity contribution in [2.24, 2.45) is 4.99 Å². The summed E-state index contributed by atoms with van der Waals surface area (Å²) < 4.78 is 26.6. The molecule has 1 aliphatic rings. The third kappa shape index (κ3) is 5.34. The predicted octanol–water partition coefficient (Wildman–Crippen LogP) is 5.19. The number of carbonyl (C=O) groups is 1. The number of fused-ring (bicyclic) bond motifs is 1. The number of anilines is 1. The van der Waals surface area contributed by atoms with Gasteiger partial charge in [-0.25, -0.2) is 9.38 Å². The van der Waals surface area contributed by atoms with Crippen molar-refractivity contribution < 1.29 is 23.3 Å². The van der Waals surface area contributed by atoms with Crippen molar-refractivity contribution in [1.29, 1.82) is 0 Å². The zero-order chi connectivity index (χ0) is 31.0. The molecule has 0 saturated carbocycles. The van der Waals surface area contributed by atoms with E-state index < -0.39 is 28.2 Å². The Morgan fingerprint density at radius 2 is 1.86 bits per heavy atom. The minimum atomic E-state index is -0.883. The molecule has 1 amide bonds. The molecule has 0 spiro atoms. The van der Waals surface area contributed by atoms with E-state index in [4.69, 9.17) is 9.15 Å². The van der Waals surface area contributed by atoms with Crippen LogP contribution in [0.25, 0.3) is 17.4 Å². The largest absolute Gasteiger partial charge is 0.497 e. The molecule has 2 aromatic heterocycles. The summed E-state index contributed by atoms with van der Waals surface area (Å²) >= 11 is 1.10. The van der Waals surface area contributed by atoms with Crippen LogP contribution in [-0.2, 0) is 4.79 Å². The molecule has 1 aliphatic heterocycles. The number of nitrogens with zero attached hydrogens (tertiary/aromatic N) is 3. The molecule has 0 saturated heterocycles. The number of methoxy groups -OCH3 is 1. The molecule has 1 unspecified atom stereocenters. The lowest BCUT2D eigenvalue weighted by molar-refractivity contribution is -0.384. The quantitative estimate of drug-likeness (QED) is 0.200. The molecule has 0 fully saturated rings. The van der Waals surface area contributed by atoms with Gasteiger partial charge in [-0.2, -0.15) is 0 Å². The summed E-state index contributed by atoms with van der Waals surface area (Å²) in [6.07, 6.45) is 1.52. The molecule has 6 rings (SSSR count). The SMILES string of the molecule is COc1ccc(-c2ccc(/C=c3\sc4n(c3=O)C(c3ccc(F)cc3)C(C(=O)Nc3ccccc3)=C(C)N=4)o2)c([N+](=O)[O-])c1. The van der Waals surface area contributed by atoms with Crippen molar-refractivity contribution in [2.75, 3.05) is 12.4 Å². The first-order chi connectivity index (χ1) is 21.2. The van der Waals surface area contributed by atoms with E-state index in [1.807, 2.05) is 6.07 Å². The molecule has 0 bridgehead atoms. The average Bonchev–Trinajstić information content (AvgIpc) is 3.60. The van der Waals surface area contributed by atoms with Crippen LogP contribution in [0, 0.1) is 15.9 Å². The van der Waals surface area contributed by atoms with E-state index in [2.05, 4.69) is 10.3 Å². The molecular weight excluding hydrogens is 587 g/mol. The van der Waals surface area contributed by atoms with Crippen molar-refractivity contribution in [3.05, 3.63) is 143 Å². The number of nitro groups is 1. The predicted molar refractivity (Wildman–Crippen MR) is 163 cm³/mol. The number of aromatic nitrogens is 1. The van der Waals surface area contributed by atoms with Crippen LogP contribution in [0.1, 0.15) is 24.3 Å². The van der Waals surface area contributed by atoms with Gasteiger partial charge in [0.2, 0.25) is 0 Å². The fraction of sp³-hybridized carbons (Fsp3) is 0.0938. The summed E-state index contributed by atoms with van der Waals surface area (Å²) in [6, 6.07) is 21.2. The smallest absolute Gasteiger partial charge is 0.284 e. The van der Waals surface area contributed by atoms with Crippen LogP contribution in [-0.4, -0.2) is 22.5 Å². The summed E-state index contributed by atoms with van der Waals surface area (Å²) in [5, 5.41) is 14.5. The fourth-order valence-corrected chi connectivity index (χ4v) is 6.02. The van der Waals surface area contributed by atoms with E-state index in [0.29, 0.717) is 27.5 Å². The number of hydrogen-bond acceptors (Lipinski definition) is 8. The number of ether oxygens (including phenoxy) is 1. The van der Waals surface area contributed by atoms with Crippen LogP contribution in [0.5, 0.6) is 5.75 Å². The number of furan rings is 1. The standard InChI is InChI=1S/C32H23FN4O6S/c1-18-28(30(38)35-21-6-4-3-5-7-21)29(19-8-10-20(33)11-9-19)36-31(39)27(44-32(36)34-18)17-23-13-15-26(43-23)24-14-12-22(42-2)16-25(24)37(40)41/h3-17,29H,1-2H3,(H,35,38)/b27-17-. The molecule has 0 radical (unpaired) electrons. The molecule has 0 aliphatic carbocycles. The van der Waals surface area contributed by atoms with Crippen molar-refractivity contribution in [3.8, 4) is 17.1 Å². The van der Waals surface area contributed by atoms with Gasteiger partial charge in [-0.3, -0.25) is 24.3 Å². The topological polar surface area (TPSA) is 129 Å². The Morgan fingerprint density at radius 1 is 1.11 bits per heavy atom. The molecule has 3 heterocycles. The lowest BCUT2D eigenvalue weighted by atomic mass is 9.95. The van der Waals surface area contributed by atoms with Crippen molar-refractivity contribution in [1.82, 2.24) is 4.57 Å². The minimum Gasteiger partial charge on any atom is -0.497 e. The number of carbonyl (C=O) groups excluding carboxylic acids is 1. The molecule has 10 nitrogen and oxygen atoms in total. The number of hydrogen-bond donors (Lipinski definition) is 1. The first kappa shape index (κ1) is 28.5. The monoisotopic (exact) mass is 610 g/mol. The number of nitro benzene ring substituents is 1. The Labute approximate surface area is 252 Å². The van der Waals surface area contributed by atoms with Crippen LogP contribution < -0.4 is 24.9 Å². The summed E-state index contributed by atoms with van der Waals surface area (Å²) in [6.45, 7) is 1.69. The van der Waals surface area contributed by atoms with E-state index in [1.54, 1.807) is 49.4 Å². The highest BCUT2D eigenvalue weighted by Gasteiger charge is 2.32. The Morgan fingerprint density at radius 3 is 2.57 bits per heavy atom. The highest BCUT2D eigenvalue weighted by molar-refractivity contribution is 7.07. The van der Waals surface area contributed by atoms with Crippen molar-refractivity contribution in [2.45, 2.75) is 13.0 Å². The van der Waals surface area contributed by atoms with Gasteiger partial charge in [0.15, 0.2) is 4.80 Å². The molecule has 12 heteroatoms. The third-order valence-corrected chi connectivity index (χ3v) is 8.03. The first-order valence-corrected chi connectivity index (χ1v) is 14.1. The van der Waals surface area contributed by atoms with Crippen LogP contribution in [0.2, 0.25) is 0 Å². The van der Waals surface area contributed by atoms with E-state index in [-0.39, 0.29) is 32.9 Å². The second kappa shape index (κ2) is 11.6. The Kier molecular flexibility index (Phi) is 7.50. The zero-order valence-corrected chi connectivity index (χ0v) is 24.1. The fourth-order valence-electron chi connectivity index (χ4n) is 4.99. The Bertz CT molecular complexity index is 2130. The number of halogens is 1. The number of thiazole rings is 1. The number of allylic oxidation sites excluding steroid dienone is 1. The molecule has 220 valence electrons. The van der Waals surface area contributed by atoms with Gasteiger partial charge >= 0.3 is 0 Å². The molecular formula is C32H23FN4O6S. The van der Waals surface area contributed by atoms with Crippen LogP contribution in [0.3, 0.4) is 0 Å². The summed E-state index contributed by atoms with van der Waals surface area (Å²) in [4.78, 5) is 43.6. The van der Waals surface area contributed by atoms with Gasteiger partial charge < -0.3 is 14.5 Å². The van der Waals surface area contributed by atoms with Gasteiger partial charge in [0.1, 0.15) is 23.1 Å². The highest BCUT2D eigenvalue weighted by atomic mass is 32.1. The van der Waals surface area contributed by atoms with E-state index in [9.17, 15) is 24.1 Å². The van der Waals surface area contributed by atoms with Crippen molar-refractivity contribution in [3.63, 3.8) is 0 Å². The normalized spacial score (nSPS) is 14.6. The maximum absolute atomic E-state index is 13.9. The maximum atomic E-state index is 13.9. The van der Waals surface area contributed by atoms with Gasteiger partial charge in [-0.15, -0.1) is 0 Å². The highest BCUT2D eigenvalue weighted by Crippen LogP contribution is 2.34. The molecule has 3 aromatic carbocycles. The van der Waals surface area contributed by atoms with Crippen LogP contribution >= 0.6 is 11.3 Å². The number of para-hydroxylation sites is 1. The van der Waals surface area contributed by atoms with E-state index in [0.717, 1.165) is 11.3 Å². The maximum Gasteiger partial charge on any atom is 0.284 e. The molecule has 1 N–H and O–H groups in total. The van der Waals surface area contributed by atoms with Gasteiger partial charge in [0, 0.05) is 11.8 Å². The molecule has 1 atom stereocenters. The van der Waals surface area contributed by atoms with Gasteiger partial charge in [-0.1, -0.05) is 41.7 Å². The minimum absolute atomic E-state index is 0.194. The lowest BCUT2D eigenvalue weighted by Crippen LogP contribution is -2.40. The summed E-state index contributed by atoms with van der Waals surface area (Å²) in [7, 11) is 1.42. The number of nitrogens with one attached hydrogen (secondary N) is 1. The van der Waals surface area contributed by atoms with Gasteiger partial charge in [0.25, 0.3) is 17.2 Å². The van der Waals surface area contributed by atoms with E-state index >= 15 is 0 Å². The number of amides is 1. The second-order valence-electron chi connectivity index (χ2n) is 9.80. The number of rotatable bonds is 7. The van der Waals surface area contributed by atoms with E-state index in [1.165, 1.54) is 54.2 Å². The third-order valence-electron chi connectivity index (χ3n) is 7.05. The van der Waals surface area contributed by atoms with Crippen LogP contribution in [0.4, 0.5) is 15.8 Å². The van der Waals surface area contributed by atoms with Gasteiger partial charge in [0.05, 0.1) is 45.5 Å². The average molecular weight is 611 g/mol. The Hall–Kier alpha value is -5.62. The number of benzene rings is 3. The molecule has 5 aromatic rings. The summed E-state index contributed by atoms with van der Waals surface area (Å²) in [5.41, 5.74) is 1.37. The van der Waals surface area contributed by atoms with Gasteiger partial charge in [-0.05, 0) is 61.0 Å². The Balaban J connectivity index is 1.44. The van der Waals surface area contributed by atoms with Crippen molar-refractivity contribution >= 4 is 34.7 Å². The summed E-state index contributed by atoms with van der Waals surface area (Å²) in [5.74, 6) is -0.0541. The molecule has 44 heavy (non-hydrogen) atoms.